The molecule has 0 unspecified atom stereocenters. The van der Waals surface area contributed by atoms with Crippen LogP contribution in [0, 0.1) is 0 Å². The number of carbonyl (C=O) groups is 1. The summed E-state index contributed by atoms with van der Waals surface area (Å²) in [5, 5.41) is 6.98. The van der Waals surface area contributed by atoms with Crippen molar-refractivity contribution < 1.29 is 22.4 Å². The van der Waals surface area contributed by atoms with Crippen molar-refractivity contribution in [1.29, 1.82) is 0 Å². The van der Waals surface area contributed by atoms with Crippen LogP contribution in [-0.4, -0.2) is 20.5 Å². The van der Waals surface area contributed by atoms with Gasteiger partial charge in [-0.1, -0.05) is 23.7 Å². The summed E-state index contributed by atoms with van der Waals surface area (Å²) in [5.74, 6) is -1.09. The third-order valence-corrected chi connectivity index (χ3v) is 5.52. The SMILES string of the molecule is O=C1C[C@@H](c2ccco2)CC2=C1[C@H](c1cccc(Cl)c1)n1nc(C(F)(F)F)nc1N2. The normalized spacial score (nSPS) is 21.3. The van der Waals surface area contributed by atoms with Crippen LogP contribution in [0.3, 0.4) is 0 Å². The number of benzene rings is 1. The Labute approximate surface area is 173 Å². The van der Waals surface area contributed by atoms with Gasteiger partial charge >= 0.3 is 6.18 Å². The summed E-state index contributed by atoms with van der Waals surface area (Å²) in [5.41, 5.74) is 1.44. The number of ketones is 1. The maximum atomic E-state index is 13.3. The Morgan fingerprint density at radius 2 is 2.03 bits per heavy atom. The smallest absolute Gasteiger partial charge is 0.453 e. The Morgan fingerprint density at radius 3 is 2.73 bits per heavy atom. The summed E-state index contributed by atoms with van der Waals surface area (Å²) >= 11 is 6.12. The average Bonchev–Trinajstić information content (AvgIpc) is 3.35. The summed E-state index contributed by atoms with van der Waals surface area (Å²) < 4.78 is 46.4. The maximum Gasteiger partial charge on any atom is 0.453 e. The molecule has 0 saturated carbocycles. The Morgan fingerprint density at radius 1 is 1.20 bits per heavy atom. The van der Waals surface area contributed by atoms with E-state index in [-0.39, 0.29) is 24.1 Å². The molecule has 3 heterocycles. The number of rotatable bonds is 2. The largest absolute Gasteiger partial charge is 0.469 e. The zero-order valence-electron chi connectivity index (χ0n) is 15.3. The van der Waals surface area contributed by atoms with E-state index in [1.54, 1.807) is 36.4 Å². The van der Waals surface area contributed by atoms with E-state index in [9.17, 15) is 18.0 Å². The number of nitrogens with one attached hydrogen (secondary N) is 1. The van der Waals surface area contributed by atoms with E-state index < -0.39 is 18.0 Å². The van der Waals surface area contributed by atoms with Gasteiger partial charge in [-0.2, -0.15) is 18.2 Å². The lowest BCUT2D eigenvalue weighted by Gasteiger charge is -2.34. The third kappa shape index (κ3) is 3.09. The van der Waals surface area contributed by atoms with E-state index in [0.29, 0.717) is 34.0 Å². The molecular formula is C20H14ClF3N4O2. The highest BCUT2D eigenvalue weighted by Crippen LogP contribution is 2.45. The lowest BCUT2D eigenvalue weighted by molar-refractivity contribution is -0.145. The van der Waals surface area contributed by atoms with Crippen molar-refractivity contribution in [2.24, 2.45) is 0 Å². The van der Waals surface area contributed by atoms with Gasteiger partial charge in [0.25, 0.3) is 5.82 Å². The maximum absolute atomic E-state index is 13.3. The topological polar surface area (TPSA) is 73.0 Å². The fourth-order valence-electron chi connectivity index (χ4n) is 4.04. The first-order chi connectivity index (χ1) is 14.3. The van der Waals surface area contributed by atoms with Gasteiger partial charge in [0.1, 0.15) is 11.8 Å². The summed E-state index contributed by atoms with van der Waals surface area (Å²) in [4.78, 5) is 16.8. The van der Waals surface area contributed by atoms with E-state index in [2.05, 4.69) is 15.4 Å². The van der Waals surface area contributed by atoms with E-state index in [1.165, 1.54) is 6.26 Å². The number of aromatic nitrogens is 3. The Kier molecular flexibility index (Phi) is 4.25. The van der Waals surface area contributed by atoms with Crippen molar-refractivity contribution in [3.63, 3.8) is 0 Å². The average molecular weight is 435 g/mol. The van der Waals surface area contributed by atoms with Crippen LogP contribution < -0.4 is 5.32 Å². The van der Waals surface area contributed by atoms with Crippen LogP contribution in [0.5, 0.6) is 0 Å². The number of carbonyl (C=O) groups excluding carboxylic acids is 1. The zero-order valence-corrected chi connectivity index (χ0v) is 16.0. The monoisotopic (exact) mass is 434 g/mol. The lowest BCUT2D eigenvalue weighted by Crippen LogP contribution is -2.33. The van der Waals surface area contributed by atoms with Crippen molar-refractivity contribution in [3.8, 4) is 0 Å². The number of hydrogen-bond acceptors (Lipinski definition) is 5. The predicted octanol–water partition coefficient (Wildman–Crippen LogP) is 4.96. The number of nitrogens with zero attached hydrogens (tertiary/aromatic N) is 3. The molecule has 0 radical (unpaired) electrons. The van der Waals surface area contributed by atoms with E-state index in [1.807, 2.05) is 0 Å². The molecule has 1 aromatic carbocycles. The first-order valence-electron chi connectivity index (χ1n) is 9.17. The minimum absolute atomic E-state index is 0.0704. The summed E-state index contributed by atoms with van der Waals surface area (Å²) in [6.45, 7) is 0. The van der Waals surface area contributed by atoms with Gasteiger partial charge in [0.15, 0.2) is 5.78 Å². The molecule has 5 rings (SSSR count). The number of alkyl halides is 3. The number of allylic oxidation sites excluding steroid dienone is 2. The van der Waals surface area contributed by atoms with Crippen LogP contribution in [0.1, 0.15) is 41.9 Å². The Balaban J connectivity index is 1.65. The highest BCUT2D eigenvalue weighted by Gasteiger charge is 2.43. The molecule has 2 atom stereocenters. The first-order valence-corrected chi connectivity index (χ1v) is 9.55. The Bertz CT molecular complexity index is 1170. The number of Topliss-reactive ketones (excluding diaryl/α,β-unsaturated/α-hetero) is 1. The molecule has 2 aliphatic rings. The van der Waals surface area contributed by atoms with Crippen LogP contribution in [0.25, 0.3) is 0 Å². The summed E-state index contributed by atoms with van der Waals surface area (Å²) in [6, 6.07) is 9.32. The molecule has 0 amide bonds. The van der Waals surface area contributed by atoms with Crippen molar-refractivity contribution >= 4 is 23.3 Å². The third-order valence-electron chi connectivity index (χ3n) is 5.28. The molecule has 0 spiro atoms. The highest BCUT2D eigenvalue weighted by molar-refractivity contribution is 6.30. The van der Waals surface area contributed by atoms with Crippen LogP contribution >= 0.6 is 11.6 Å². The van der Waals surface area contributed by atoms with Crippen LogP contribution in [0.2, 0.25) is 5.02 Å². The molecular weight excluding hydrogens is 421 g/mol. The minimum Gasteiger partial charge on any atom is -0.469 e. The second-order valence-corrected chi connectivity index (χ2v) is 7.66. The van der Waals surface area contributed by atoms with Crippen molar-refractivity contribution in [2.45, 2.75) is 31.0 Å². The molecule has 1 N–H and O–H groups in total. The molecule has 0 fully saturated rings. The standard InChI is InChI=1S/C20H14ClF3N4O2/c21-12-4-1-3-10(7-12)17-16-13(8-11(9-14(16)29)15-5-2-6-30-15)25-19-26-18(20(22,23)24)27-28(17)19/h1-7,11,17H,8-9H2,(H,25,26,27)/t11-,17-/m0/s1. The molecule has 3 aromatic rings. The van der Waals surface area contributed by atoms with Crippen LogP contribution in [-0.2, 0) is 11.0 Å². The highest BCUT2D eigenvalue weighted by atomic mass is 35.5. The second kappa shape index (κ2) is 6.73. The van der Waals surface area contributed by atoms with Gasteiger partial charge in [-0.15, -0.1) is 5.10 Å². The molecule has 2 aromatic heterocycles. The number of furan rings is 1. The molecule has 0 bridgehead atoms. The quantitative estimate of drug-likeness (QED) is 0.617. The fraction of sp³-hybridized carbons (Fsp3) is 0.250. The first kappa shape index (κ1) is 18.9. The molecule has 10 heteroatoms. The molecule has 154 valence electrons. The van der Waals surface area contributed by atoms with Gasteiger partial charge < -0.3 is 9.73 Å². The van der Waals surface area contributed by atoms with Gasteiger partial charge in [0.05, 0.1) is 6.26 Å². The second-order valence-electron chi connectivity index (χ2n) is 7.22. The van der Waals surface area contributed by atoms with Crippen molar-refractivity contribution in [3.05, 3.63) is 76.1 Å². The van der Waals surface area contributed by atoms with Gasteiger partial charge in [-0.25, -0.2) is 4.68 Å². The van der Waals surface area contributed by atoms with Crippen molar-refractivity contribution in [2.75, 3.05) is 5.32 Å². The van der Waals surface area contributed by atoms with Gasteiger partial charge in [0.2, 0.25) is 5.95 Å². The molecule has 30 heavy (non-hydrogen) atoms. The lowest BCUT2D eigenvalue weighted by atomic mass is 9.79. The number of hydrogen-bond donors (Lipinski definition) is 1. The fourth-order valence-corrected chi connectivity index (χ4v) is 4.24. The number of anilines is 1. The van der Waals surface area contributed by atoms with Crippen LogP contribution in [0.4, 0.5) is 19.1 Å². The van der Waals surface area contributed by atoms with Gasteiger partial charge in [0, 0.05) is 28.6 Å². The summed E-state index contributed by atoms with van der Waals surface area (Å²) in [6.07, 6.45) is -2.60. The number of halogens is 4. The van der Waals surface area contributed by atoms with Gasteiger partial charge in [-0.05, 0) is 36.2 Å². The van der Waals surface area contributed by atoms with E-state index in [4.69, 9.17) is 16.0 Å². The van der Waals surface area contributed by atoms with Crippen molar-refractivity contribution in [1.82, 2.24) is 14.8 Å². The molecule has 1 aliphatic heterocycles. The minimum atomic E-state index is -4.72. The molecule has 1 aliphatic carbocycles. The molecule has 6 nitrogen and oxygen atoms in total. The number of fused-ring (bicyclic) bond motifs is 1. The summed E-state index contributed by atoms with van der Waals surface area (Å²) in [7, 11) is 0. The predicted molar refractivity (Wildman–Crippen MR) is 101 cm³/mol. The van der Waals surface area contributed by atoms with Gasteiger partial charge in [-0.3, -0.25) is 4.79 Å². The molecule has 0 saturated heterocycles. The van der Waals surface area contributed by atoms with E-state index in [0.717, 1.165) is 4.68 Å². The zero-order chi connectivity index (χ0) is 21.0. The van der Waals surface area contributed by atoms with E-state index >= 15 is 0 Å². The Hall–Kier alpha value is -3.07. The van der Waals surface area contributed by atoms with Crippen LogP contribution in [0.15, 0.2) is 58.3 Å².